The molecule has 0 radical (unpaired) electrons. The molecule has 2 aromatic rings. The maximum Gasteiger partial charge on any atom is 0.270 e. The van der Waals surface area contributed by atoms with Crippen LogP contribution >= 0.6 is 0 Å². The maximum atomic E-state index is 10.8. The van der Waals surface area contributed by atoms with Crippen LogP contribution in [0, 0.1) is 10.1 Å². The summed E-state index contributed by atoms with van der Waals surface area (Å²) in [6.07, 6.45) is 2.57. The number of nitrogens with one attached hydrogen (secondary N) is 1. The van der Waals surface area contributed by atoms with E-state index < -0.39 is 0 Å². The lowest BCUT2D eigenvalue weighted by Crippen LogP contribution is -2.14. The van der Waals surface area contributed by atoms with Gasteiger partial charge in [-0.25, -0.2) is 0 Å². The highest BCUT2D eigenvalue weighted by Crippen LogP contribution is 2.24. The van der Waals surface area contributed by atoms with Crippen molar-refractivity contribution in [2.75, 3.05) is 0 Å². The molecule has 0 aromatic heterocycles. The van der Waals surface area contributed by atoms with Gasteiger partial charge in [0.05, 0.1) is 4.92 Å². The summed E-state index contributed by atoms with van der Waals surface area (Å²) in [6, 6.07) is 15.6. The third kappa shape index (κ3) is 3.03. The fourth-order valence-corrected chi connectivity index (χ4v) is 2.16. The van der Waals surface area contributed by atoms with Crippen molar-refractivity contribution in [3.8, 4) is 11.1 Å². The molecule has 0 unspecified atom stereocenters. The molecule has 0 atom stereocenters. The summed E-state index contributed by atoms with van der Waals surface area (Å²) in [4.78, 5) is 10.4. The van der Waals surface area contributed by atoms with Crippen LogP contribution in [0.5, 0.6) is 0 Å². The Labute approximate surface area is 117 Å². The van der Waals surface area contributed by atoms with Crippen LogP contribution in [-0.2, 0) is 6.54 Å². The molecule has 4 nitrogen and oxygen atoms in total. The highest BCUT2D eigenvalue weighted by molar-refractivity contribution is 5.66. The zero-order valence-electron chi connectivity index (χ0n) is 11.1. The van der Waals surface area contributed by atoms with Crippen molar-refractivity contribution in [2.45, 2.75) is 25.4 Å². The van der Waals surface area contributed by atoms with Crippen molar-refractivity contribution >= 4 is 5.69 Å². The Morgan fingerprint density at radius 1 is 1.10 bits per heavy atom. The molecule has 0 spiro atoms. The third-order valence-electron chi connectivity index (χ3n) is 3.52. The SMILES string of the molecule is O=[N+]([O-])c1cccc(-c2ccc(CNC3CC3)cc2)c1. The van der Waals surface area contributed by atoms with Crippen LogP contribution in [0.1, 0.15) is 18.4 Å². The Bertz CT molecular complexity index is 619. The van der Waals surface area contributed by atoms with Gasteiger partial charge < -0.3 is 5.32 Å². The van der Waals surface area contributed by atoms with Gasteiger partial charge in [-0.05, 0) is 29.5 Å². The van der Waals surface area contributed by atoms with E-state index >= 15 is 0 Å². The van der Waals surface area contributed by atoms with Crippen molar-refractivity contribution in [2.24, 2.45) is 0 Å². The van der Waals surface area contributed by atoms with Crippen molar-refractivity contribution in [3.05, 3.63) is 64.2 Å². The summed E-state index contributed by atoms with van der Waals surface area (Å²) in [7, 11) is 0. The van der Waals surface area contributed by atoms with Crippen molar-refractivity contribution in [1.82, 2.24) is 5.32 Å². The number of nitro groups is 1. The van der Waals surface area contributed by atoms with Crippen LogP contribution in [0.4, 0.5) is 5.69 Å². The Kier molecular flexibility index (Phi) is 3.48. The van der Waals surface area contributed by atoms with Gasteiger partial charge in [-0.1, -0.05) is 36.4 Å². The predicted molar refractivity (Wildman–Crippen MR) is 78.4 cm³/mol. The van der Waals surface area contributed by atoms with E-state index in [9.17, 15) is 10.1 Å². The lowest BCUT2D eigenvalue weighted by Gasteiger charge is -2.05. The first-order valence-corrected chi connectivity index (χ1v) is 6.79. The maximum absolute atomic E-state index is 10.8. The largest absolute Gasteiger partial charge is 0.310 e. The van der Waals surface area contributed by atoms with Crippen molar-refractivity contribution < 1.29 is 4.92 Å². The van der Waals surface area contributed by atoms with E-state index in [1.165, 1.54) is 24.5 Å². The molecular weight excluding hydrogens is 252 g/mol. The fraction of sp³-hybridized carbons (Fsp3) is 0.250. The van der Waals surface area contributed by atoms with Gasteiger partial charge in [-0.15, -0.1) is 0 Å². The highest BCUT2D eigenvalue weighted by atomic mass is 16.6. The molecule has 102 valence electrons. The zero-order chi connectivity index (χ0) is 13.9. The van der Waals surface area contributed by atoms with Crippen LogP contribution in [0.3, 0.4) is 0 Å². The Morgan fingerprint density at radius 3 is 2.50 bits per heavy atom. The van der Waals surface area contributed by atoms with Gasteiger partial charge in [0, 0.05) is 24.7 Å². The summed E-state index contributed by atoms with van der Waals surface area (Å²) < 4.78 is 0. The summed E-state index contributed by atoms with van der Waals surface area (Å²) in [5.41, 5.74) is 3.25. The van der Waals surface area contributed by atoms with Gasteiger partial charge in [0.2, 0.25) is 0 Å². The topological polar surface area (TPSA) is 55.2 Å². The molecule has 20 heavy (non-hydrogen) atoms. The number of nitro benzene ring substituents is 1. The standard InChI is InChI=1S/C16H16N2O2/c19-18(20)16-3-1-2-14(10-16)13-6-4-12(5-7-13)11-17-15-8-9-15/h1-7,10,15,17H,8-9,11H2. The Hall–Kier alpha value is -2.20. The minimum absolute atomic E-state index is 0.127. The molecule has 4 heteroatoms. The average molecular weight is 268 g/mol. The van der Waals surface area contributed by atoms with Gasteiger partial charge in [0.1, 0.15) is 0 Å². The summed E-state index contributed by atoms with van der Waals surface area (Å²) in [5, 5.41) is 14.3. The van der Waals surface area contributed by atoms with Crippen LogP contribution in [-0.4, -0.2) is 11.0 Å². The van der Waals surface area contributed by atoms with Gasteiger partial charge >= 0.3 is 0 Å². The normalized spacial score (nSPS) is 14.2. The second-order valence-corrected chi connectivity index (χ2v) is 5.16. The second-order valence-electron chi connectivity index (χ2n) is 5.16. The Balaban J connectivity index is 1.75. The number of hydrogen-bond acceptors (Lipinski definition) is 3. The molecule has 1 aliphatic rings. The number of non-ortho nitro benzene ring substituents is 1. The Morgan fingerprint density at radius 2 is 1.85 bits per heavy atom. The minimum atomic E-state index is -0.364. The van der Waals surface area contributed by atoms with E-state index in [0.717, 1.165) is 17.7 Å². The minimum Gasteiger partial charge on any atom is -0.310 e. The summed E-state index contributed by atoms with van der Waals surface area (Å²) >= 11 is 0. The third-order valence-corrected chi connectivity index (χ3v) is 3.52. The van der Waals surface area contributed by atoms with Crippen LogP contribution in [0.15, 0.2) is 48.5 Å². The van der Waals surface area contributed by atoms with Crippen molar-refractivity contribution in [3.63, 3.8) is 0 Å². The molecule has 0 amide bonds. The molecule has 1 N–H and O–H groups in total. The molecular formula is C16H16N2O2. The van der Waals surface area contributed by atoms with E-state index in [-0.39, 0.29) is 10.6 Å². The first-order chi connectivity index (χ1) is 9.72. The van der Waals surface area contributed by atoms with Crippen LogP contribution < -0.4 is 5.32 Å². The lowest BCUT2D eigenvalue weighted by atomic mass is 10.0. The van der Waals surface area contributed by atoms with Gasteiger partial charge in [-0.3, -0.25) is 10.1 Å². The molecule has 3 rings (SSSR count). The van der Waals surface area contributed by atoms with E-state index in [4.69, 9.17) is 0 Å². The highest BCUT2D eigenvalue weighted by Gasteiger charge is 2.19. The van der Waals surface area contributed by atoms with Gasteiger partial charge in [-0.2, -0.15) is 0 Å². The number of nitrogens with zero attached hydrogens (tertiary/aromatic N) is 1. The quantitative estimate of drug-likeness (QED) is 0.667. The first kappa shape index (κ1) is 12.8. The summed E-state index contributed by atoms with van der Waals surface area (Å²) in [5.74, 6) is 0. The zero-order valence-corrected chi connectivity index (χ0v) is 11.1. The smallest absolute Gasteiger partial charge is 0.270 e. The van der Waals surface area contributed by atoms with Crippen LogP contribution in [0.25, 0.3) is 11.1 Å². The molecule has 0 saturated heterocycles. The van der Waals surface area contributed by atoms with Crippen molar-refractivity contribution in [1.29, 1.82) is 0 Å². The molecule has 0 heterocycles. The van der Waals surface area contributed by atoms with Gasteiger partial charge in [0.25, 0.3) is 5.69 Å². The molecule has 1 fully saturated rings. The summed E-state index contributed by atoms with van der Waals surface area (Å²) in [6.45, 7) is 0.889. The predicted octanol–water partition coefficient (Wildman–Crippen LogP) is 3.51. The number of hydrogen-bond donors (Lipinski definition) is 1. The van der Waals surface area contributed by atoms with E-state index in [0.29, 0.717) is 6.04 Å². The van der Waals surface area contributed by atoms with Crippen LogP contribution in [0.2, 0.25) is 0 Å². The molecule has 0 aliphatic heterocycles. The second kappa shape index (κ2) is 5.43. The molecule has 1 aliphatic carbocycles. The lowest BCUT2D eigenvalue weighted by molar-refractivity contribution is -0.384. The monoisotopic (exact) mass is 268 g/mol. The fourth-order valence-electron chi connectivity index (χ4n) is 2.16. The molecule has 2 aromatic carbocycles. The average Bonchev–Trinajstić information content (AvgIpc) is 3.30. The number of rotatable bonds is 5. The van der Waals surface area contributed by atoms with E-state index in [1.807, 2.05) is 18.2 Å². The van der Waals surface area contributed by atoms with E-state index in [2.05, 4.69) is 17.4 Å². The molecule has 1 saturated carbocycles. The van der Waals surface area contributed by atoms with E-state index in [1.54, 1.807) is 12.1 Å². The number of benzene rings is 2. The van der Waals surface area contributed by atoms with Gasteiger partial charge in [0.15, 0.2) is 0 Å². The first-order valence-electron chi connectivity index (χ1n) is 6.79. The molecule has 0 bridgehead atoms.